The van der Waals surface area contributed by atoms with Crippen molar-refractivity contribution < 1.29 is 0 Å². The Morgan fingerprint density at radius 2 is 2.13 bits per heavy atom. The first-order chi connectivity index (χ1) is 10.8. The van der Waals surface area contributed by atoms with Crippen LogP contribution in [0.25, 0.3) is 0 Å². The lowest BCUT2D eigenvalue weighted by Gasteiger charge is -2.28. The molecular weight excluding hydrogens is 356 g/mol. The summed E-state index contributed by atoms with van der Waals surface area (Å²) in [5.74, 6) is 0.769. The van der Waals surface area contributed by atoms with E-state index in [1.807, 2.05) is 6.20 Å². The predicted octanol–water partition coefficient (Wildman–Crippen LogP) is 2.78. The van der Waals surface area contributed by atoms with Crippen LogP contribution in [0.5, 0.6) is 0 Å². The van der Waals surface area contributed by atoms with E-state index < -0.39 is 0 Å². The Balaban J connectivity index is 1.83. The molecule has 3 rings (SSSR count). The standard InChI is InChI=1S/C17H21BrN4O/c1-17(2,3)16-20-14-4-5-22(10-13(14)15(23)21-16)9-11-6-12(18)8-19-7-11/h6-8H,4-5,9-10H2,1-3H3,(H,20,21,23). The molecule has 0 saturated heterocycles. The summed E-state index contributed by atoms with van der Waals surface area (Å²) in [6.45, 7) is 8.51. The number of hydrogen-bond acceptors (Lipinski definition) is 4. The molecular formula is C17H21BrN4O. The van der Waals surface area contributed by atoms with E-state index in [0.29, 0.717) is 6.54 Å². The van der Waals surface area contributed by atoms with Crippen LogP contribution in [0.4, 0.5) is 0 Å². The van der Waals surface area contributed by atoms with Crippen molar-refractivity contribution in [3.05, 3.63) is 55.9 Å². The predicted molar refractivity (Wildman–Crippen MR) is 93.3 cm³/mol. The van der Waals surface area contributed by atoms with Crippen LogP contribution in [-0.2, 0) is 24.9 Å². The van der Waals surface area contributed by atoms with Crippen LogP contribution in [0.1, 0.15) is 43.4 Å². The normalized spacial score (nSPS) is 15.5. The molecule has 0 saturated carbocycles. The lowest BCUT2D eigenvalue weighted by molar-refractivity contribution is 0.240. The molecule has 5 nitrogen and oxygen atoms in total. The molecule has 0 radical (unpaired) electrons. The number of pyridine rings is 1. The Bertz CT molecular complexity index is 779. The van der Waals surface area contributed by atoms with Gasteiger partial charge in [-0.1, -0.05) is 20.8 Å². The van der Waals surface area contributed by atoms with E-state index in [9.17, 15) is 4.79 Å². The van der Waals surface area contributed by atoms with Crippen LogP contribution < -0.4 is 5.56 Å². The summed E-state index contributed by atoms with van der Waals surface area (Å²) in [6.07, 6.45) is 4.45. The lowest BCUT2D eigenvalue weighted by atomic mass is 9.95. The molecule has 0 spiro atoms. The summed E-state index contributed by atoms with van der Waals surface area (Å²) in [5, 5.41) is 0. The maximum atomic E-state index is 12.4. The number of hydrogen-bond donors (Lipinski definition) is 1. The van der Waals surface area contributed by atoms with Crippen LogP contribution in [0.3, 0.4) is 0 Å². The molecule has 6 heteroatoms. The zero-order valence-corrected chi connectivity index (χ0v) is 15.3. The molecule has 0 unspecified atom stereocenters. The molecule has 0 aromatic carbocycles. The van der Waals surface area contributed by atoms with Crippen LogP contribution in [-0.4, -0.2) is 26.4 Å². The van der Waals surface area contributed by atoms with Crippen molar-refractivity contribution in [1.82, 2.24) is 19.9 Å². The van der Waals surface area contributed by atoms with Gasteiger partial charge in [0.05, 0.1) is 11.3 Å². The van der Waals surface area contributed by atoms with E-state index in [1.54, 1.807) is 6.20 Å². The highest BCUT2D eigenvalue weighted by Crippen LogP contribution is 2.21. The maximum Gasteiger partial charge on any atom is 0.255 e. The molecule has 23 heavy (non-hydrogen) atoms. The van der Waals surface area contributed by atoms with Gasteiger partial charge in [0.15, 0.2) is 0 Å². The average Bonchev–Trinajstić information content (AvgIpc) is 2.47. The van der Waals surface area contributed by atoms with Crippen molar-refractivity contribution >= 4 is 15.9 Å². The average molecular weight is 377 g/mol. The Morgan fingerprint density at radius 1 is 1.35 bits per heavy atom. The largest absolute Gasteiger partial charge is 0.310 e. The molecule has 0 amide bonds. The second kappa shape index (κ2) is 6.17. The number of H-pyrrole nitrogens is 1. The quantitative estimate of drug-likeness (QED) is 0.874. The molecule has 1 N–H and O–H groups in total. The lowest BCUT2D eigenvalue weighted by Crippen LogP contribution is -2.37. The first-order valence-electron chi connectivity index (χ1n) is 7.77. The first-order valence-corrected chi connectivity index (χ1v) is 8.56. The van der Waals surface area contributed by atoms with E-state index in [0.717, 1.165) is 46.6 Å². The highest BCUT2D eigenvalue weighted by atomic mass is 79.9. The van der Waals surface area contributed by atoms with Crippen LogP contribution >= 0.6 is 15.9 Å². The first kappa shape index (κ1) is 16.3. The van der Waals surface area contributed by atoms with E-state index in [-0.39, 0.29) is 11.0 Å². The van der Waals surface area contributed by atoms with Gasteiger partial charge in [0.2, 0.25) is 0 Å². The fraction of sp³-hybridized carbons (Fsp3) is 0.471. The molecule has 1 aliphatic heterocycles. The van der Waals surface area contributed by atoms with E-state index >= 15 is 0 Å². The Hall–Kier alpha value is -1.53. The van der Waals surface area contributed by atoms with Gasteiger partial charge < -0.3 is 4.98 Å². The second-order valence-electron chi connectivity index (χ2n) is 7.06. The summed E-state index contributed by atoms with van der Waals surface area (Å²) >= 11 is 3.44. The molecule has 2 aromatic rings. The van der Waals surface area contributed by atoms with Gasteiger partial charge in [-0.25, -0.2) is 4.98 Å². The van der Waals surface area contributed by atoms with Crippen molar-refractivity contribution in [1.29, 1.82) is 0 Å². The number of fused-ring (bicyclic) bond motifs is 1. The number of aromatic nitrogens is 3. The molecule has 0 fully saturated rings. The second-order valence-corrected chi connectivity index (χ2v) is 7.98. The fourth-order valence-electron chi connectivity index (χ4n) is 2.77. The number of nitrogens with zero attached hydrogens (tertiary/aromatic N) is 3. The van der Waals surface area contributed by atoms with Gasteiger partial charge >= 0.3 is 0 Å². The van der Waals surface area contributed by atoms with E-state index in [1.165, 1.54) is 0 Å². The van der Waals surface area contributed by atoms with Crippen molar-refractivity contribution in [3.8, 4) is 0 Å². The van der Waals surface area contributed by atoms with Gasteiger partial charge in [0.25, 0.3) is 5.56 Å². The molecule has 3 heterocycles. The van der Waals surface area contributed by atoms with Gasteiger partial charge in [-0.3, -0.25) is 14.7 Å². The maximum absolute atomic E-state index is 12.4. The van der Waals surface area contributed by atoms with E-state index in [2.05, 4.69) is 57.6 Å². The minimum Gasteiger partial charge on any atom is -0.310 e. The number of rotatable bonds is 2. The van der Waals surface area contributed by atoms with Crippen LogP contribution in [0.2, 0.25) is 0 Å². The van der Waals surface area contributed by atoms with Crippen LogP contribution in [0, 0.1) is 0 Å². The number of aromatic amines is 1. The third-order valence-corrected chi connectivity index (χ3v) is 4.46. The summed E-state index contributed by atoms with van der Waals surface area (Å²) < 4.78 is 0.974. The summed E-state index contributed by atoms with van der Waals surface area (Å²) in [7, 11) is 0. The smallest absolute Gasteiger partial charge is 0.255 e. The minimum atomic E-state index is -0.146. The Kier molecular flexibility index (Phi) is 4.38. The summed E-state index contributed by atoms with van der Waals surface area (Å²) in [5.41, 5.74) is 2.73. The summed E-state index contributed by atoms with van der Waals surface area (Å²) in [4.78, 5) is 26.6. The number of halogens is 1. The highest BCUT2D eigenvalue weighted by Gasteiger charge is 2.24. The molecule has 0 atom stereocenters. The Labute approximate surface area is 144 Å². The van der Waals surface area contributed by atoms with Gasteiger partial charge in [-0.15, -0.1) is 0 Å². The topological polar surface area (TPSA) is 61.9 Å². The molecule has 2 aromatic heterocycles. The van der Waals surface area contributed by atoms with Gasteiger partial charge in [-0.2, -0.15) is 0 Å². The third-order valence-electron chi connectivity index (χ3n) is 4.03. The van der Waals surface area contributed by atoms with Gasteiger partial charge in [-0.05, 0) is 27.6 Å². The summed E-state index contributed by atoms with van der Waals surface area (Å²) in [6, 6.07) is 2.06. The third kappa shape index (κ3) is 3.70. The van der Waals surface area contributed by atoms with E-state index in [4.69, 9.17) is 4.98 Å². The zero-order chi connectivity index (χ0) is 16.6. The number of nitrogens with one attached hydrogen (secondary N) is 1. The van der Waals surface area contributed by atoms with Crippen molar-refractivity contribution in [2.75, 3.05) is 6.54 Å². The highest BCUT2D eigenvalue weighted by molar-refractivity contribution is 9.10. The van der Waals surface area contributed by atoms with Crippen LogP contribution in [0.15, 0.2) is 27.7 Å². The van der Waals surface area contributed by atoms with Crippen molar-refractivity contribution in [2.24, 2.45) is 0 Å². The molecule has 0 bridgehead atoms. The minimum absolute atomic E-state index is 0.00278. The van der Waals surface area contributed by atoms with Crippen molar-refractivity contribution in [2.45, 2.75) is 45.7 Å². The molecule has 0 aliphatic carbocycles. The van der Waals surface area contributed by atoms with Crippen molar-refractivity contribution in [3.63, 3.8) is 0 Å². The molecule has 1 aliphatic rings. The molecule has 122 valence electrons. The van der Waals surface area contributed by atoms with Gasteiger partial charge in [0.1, 0.15) is 5.82 Å². The fourth-order valence-corrected chi connectivity index (χ4v) is 3.18. The SMILES string of the molecule is CC(C)(C)c1nc2c(c(=O)[nH]1)CN(Cc1cncc(Br)c1)CC2. The monoisotopic (exact) mass is 376 g/mol. The Morgan fingerprint density at radius 3 is 2.83 bits per heavy atom. The zero-order valence-electron chi connectivity index (χ0n) is 13.7. The van der Waals surface area contributed by atoms with Gasteiger partial charge in [0, 0.05) is 48.3 Å².